The van der Waals surface area contributed by atoms with E-state index < -0.39 is 0 Å². The summed E-state index contributed by atoms with van der Waals surface area (Å²) in [4.78, 5) is 15.7. The molecule has 0 spiro atoms. The number of amides is 1. The number of carbonyl (C=O) groups excluding carboxylic acids is 1. The number of benzene rings is 1. The van der Waals surface area contributed by atoms with E-state index >= 15 is 0 Å². The molecule has 1 saturated carbocycles. The van der Waals surface area contributed by atoms with Crippen LogP contribution in [-0.4, -0.2) is 17.9 Å². The number of ether oxygens (including phenoxy) is 1. The van der Waals surface area contributed by atoms with Crippen molar-refractivity contribution in [1.29, 1.82) is 0 Å². The molecule has 1 aromatic carbocycles. The zero-order valence-electron chi connectivity index (χ0n) is 13.4. The van der Waals surface area contributed by atoms with E-state index in [2.05, 4.69) is 22.4 Å². The zero-order chi connectivity index (χ0) is 16.1. The number of nitrogens with zero attached hydrogens (tertiary/aromatic N) is 1. The standard InChI is InChI=1S/C19H22N2O2/c1-20-19(22)16-9-12-18(21-13-16)23-17-10-7-15(8-11-17)14-5-3-2-4-6-14/h7-14H,2-6H2,1H3,(H,20,22). The van der Waals surface area contributed by atoms with Crippen LogP contribution < -0.4 is 10.1 Å². The van der Waals surface area contributed by atoms with Crippen LogP contribution in [0.3, 0.4) is 0 Å². The fraction of sp³-hybridized carbons (Fsp3) is 0.368. The minimum absolute atomic E-state index is 0.152. The van der Waals surface area contributed by atoms with Gasteiger partial charge in [0.15, 0.2) is 0 Å². The van der Waals surface area contributed by atoms with Gasteiger partial charge < -0.3 is 10.1 Å². The van der Waals surface area contributed by atoms with Crippen molar-refractivity contribution in [2.24, 2.45) is 0 Å². The van der Waals surface area contributed by atoms with E-state index in [1.54, 1.807) is 19.2 Å². The first kappa shape index (κ1) is 15.5. The molecule has 120 valence electrons. The van der Waals surface area contributed by atoms with Gasteiger partial charge in [0.2, 0.25) is 5.88 Å². The van der Waals surface area contributed by atoms with Gasteiger partial charge in [0.1, 0.15) is 5.75 Å². The van der Waals surface area contributed by atoms with E-state index in [0.717, 1.165) is 5.75 Å². The molecule has 0 aliphatic heterocycles. The van der Waals surface area contributed by atoms with Crippen molar-refractivity contribution in [2.45, 2.75) is 38.0 Å². The summed E-state index contributed by atoms with van der Waals surface area (Å²) in [5, 5.41) is 2.57. The Morgan fingerprint density at radius 2 is 1.83 bits per heavy atom. The maximum absolute atomic E-state index is 11.5. The van der Waals surface area contributed by atoms with Crippen molar-refractivity contribution in [3.63, 3.8) is 0 Å². The Labute approximate surface area is 136 Å². The zero-order valence-corrected chi connectivity index (χ0v) is 13.4. The summed E-state index contributed by atoms with van der Waals surface area (Å²) < 4.78 is 5.75. The summed E-state index contributed by atoms with van der Waals surface area (Å²) in [5.41, 5.74) is 1.92. The van der Waals surface area contributed by atoms with Gasteiger partial charge in [-0.05, 0) is 42.5 Å². The molecule has 1 aliphatic rings. The Hall–Kier alpha value is -2.36. The number of carbonyl (C=O) groups is 1. The monoisotopic (exact) mass is 310 g/mol. The Balaban J connectivity index is 1.64. The molecular formula is C19H22N2O2. The van der Waals surface area contributed by atoms with Crippen LogP contribution in [0.2, 0.25) is 0 Å². The lowest BCUT2D eigenvalue weighted by atomic mass is 9.84. The summed E-state index contributed by atoms with van der Waals surface area (Å²) >= 11 is 0. The molecule has 0 radical (unpaired) electrons. The molecule has 4 nitrogen and oxygen atoms in total. The van der Waals surface area contributed by atoms with Gasteiger partial charge in [-0.15, -0.1) is 0 Å². The van der Waals surface area contributed by atoms with Crippen LogP contribution in [0, 0.1) is 0 Å². The van der Waals surface area contributed by atoms with Crippen molar-refractivity contribution in [3.05, 3.63) is 53.7 Å². The van der Waals surface area contributed by atoms with E-state index in [1.807, 2.05) is 12.1 Å². The maximum atomic E-state index is 11.5. The van der Waals surface area contributed by atoms with Crippen LogP contribution >= 0.6 is 0 Å². The second-order valence-corrected chi connectivity index (χ2v) is 5.97. The molecule has 4 heteroatoms. The lowest BCUT2D eigenvalue weighted by molar-refractivity contribution is 0.0962. The maximum Gasteiger partial charge on any atom is 0.252 e. The molecule has 1 fully saturated rings. The lowest BCUT2D eigenvalue weighted by Crippen LogP contribution is -2.17. The fourth-order valence-electron chi connectivity index (χ4n) is 3.08. The van der Waals surface area contributed by atoms with E-state index in [4.69, 9.17) is 4.74 Å². The highest BCUT2D eigenvalue weighted by atomic mass is 16.5. The lowest BCUT2D eigenvalue weighted by Gasteiger charge is -2.22. The highest BCUT2D eigenvalue weighted by Crippen LogP contribution is 2.33. The average molecular weight is 310 g/mol. The van der Waals surface area contributed by atoms with E-state index in [-0.39, 0.29) is 5.91 Å². The minimum atomic E-state index is -0.152. The molecule has 1 amide bonds. The van der Waals surface area contributed by atoms with Crippen molar-refractivity contribution >= 4 is 5.91 Å². The first-order chi connectivity index (χ1) is 11.3. The number of hydrogen-bond donors (Lipinski definition) is 1. The second-order valence-electron chi connectivity index (χ2n) is 5.97. The summed E-state index contributed by atoms with van der Waals surface area (Å²) in [6.45, 7) is 0. The predicted molar refractivity (Wildman–Crippen MR) is 90.0 cm³/mol. The molecule has 1 aliphatic carbocycles. The second kappa shape index (κ2) is 7.27. The third kappa shape index (κ3) is 3.89. The Bertz CT molecular complexity index is 644. The number of nitrogens with one attached hydrogen (secondary N) is 1. The normalized spacial score (nSPS) is 15.2. The van der Waals surface area contributed by atoms with Gasteiger partial charge in [-0.25, -0.2) is 4.98 Å². The van der Waals surface area contributed by atoms with Crippen LogP contribution in [0.25, 0.3) is 0 Å². The van der Waals surface area contributed by atoms with Gasteiger partial charge >= 0.3 is 0 Å². The van der Waals surface area contributed by atoms with Crippen LogP contribution in [-0.2, 0) is 0 Å². The molecule has 0 bridgehead atoms. The van der Waals surface area contributed by atoms with Crippen LogP contribution in [0.1, 0.15) is 53.9 Å². The van der Waals surface area contributed by atoms with Gasteiger partial charge in [0.25, 0.3) is 5.91 Å². The SMILES string of the molecule is CNC(=O)c1ccc(Oc2ccc(C3CCCCC3)cc2)nc1. The summed E-state index contributed by atoms with van der Waals surface area (Å²) in [5.74, 6) is 1.80. The van der Waals surface area contributed by atoms with Crippen molar-refractivity contribution < 1.29 is 9.53 Å². The highest BCUT2D eigenvalue weighted by Gasteiger charge is 2.15. The molecule has 1 aromatic heterocycles. The third-order valence-electron chi connectivity index (χ3n) is 4.40. The van der Waals surface area contributed by atoms with Gasteiger partial charge in [0.05, 0.1) is 5.56 Å². The highest BCUT2D eigenvalue weighted by molar-refractivity contribution is 5.93. The number of pyridine rings is 1. The molecule has 23 heavy (non-hydrogen) atoms. The number of rotatable bonds is 4. The first-order valence-corrected chi connectivity index (χ1v) is 8.22. The van der Waals surface area contributed by atoms with Gasteiger partial charge in [-0.3, -0.25) is 4.79 Å². The number of hydrogen-bond acceptors (Lipinski definition) is 3. The number of aromatic nitrogens is 1. The van der Waals surface area contributed by atoms with Crippen molar-refractivity contribution in [3.8, 4) is 11.6 Å². The minimum Gasteiger partial charge on any atom is -0.439 e. The molecule has 0 atom stereocenters. The molecule has 1 heterocycles. The van der Waals surface area contributed by atoms with E-state index in [0.29, 0.717) is 17.4 Å². The average Bonchev–Trinajstić information content (AvgIpc) is 2.63. The van der Waals surface area contributed by atoms with Gasteiger partial charge in [-0.2, -0.15) is 0 Å². The Morgan fingerprint density at radius 1 is 1.09 bits per heavy atom. The fourth-order valence-corrected chi connectivity index (χ4v) is 3.08. The van der Waals surface area contributed by atoms with Crippen molar-refractivity contribution in [1.82, 2.24) is 10.3 Å². The third-order valence-corrected chi connectivity index (χ3v) is 4.40. The van der Waals surface area contributed by atoms with E-state index in [1.165, 1.54) is 43.9 Å². The summed E-state index contributed by atoms with van der Waals surface area (Å²) in [6.07, 6.45) is 8.15. The van der Waals surface area contributed by atoms with Gasteiger partial charge in [0, 0.05) is 19.3 Å². The molecule has 0 unspecified atom stereocenters. The smallest absolute Gasteiger partial charge is 0.252 e. The molecule has 0 saturated heterocycles. The van der Waals surface area contributed by atoms with Crippen molar-refractivity contribution in [2.75, 3.05) is 7.05 Å². The largest absolute Gasteiger partial charge is 0.439 e. The van der Waals surface area contributed by atoms with Crippen LogP contribution in [0.5, 0.6) is 11.6 Å². The summed E-state index contributed by atoms with van der Waals surface area (Å²) in [7, 11) is 1.60. The Kier molecular flexibility index (Phi) is 4.91. The predicted octanol–water partition coefficient (Wildman–Crippen LogP) is 4.28. The topological polar surface area (TPSA) is 51.2 Å². The first-order valence-electron chi connectivity index (χ1n) is 8.22. The van der Waals surface area contributed by atoms with Crippen LogP contribution in [0.15, 0.2) is 42.6 Å². The van der Waals surface area contributed by atoms with Crippen LogP contribution in [0.4, 0.5) is 0 Å². The molecule has 3 rings (SSSR count). The Morgan fingerprint density at radius 3 is 2.43 bits per heavy atom. The molecular weight excluding hydrogens is 288 g/mol. The van der Waals surface area contributed by atoms with Gasteiger partial charge in [-0.1, -0.05) is 31.4 Å². The molecule has 1 N–H and O–H groups in total. The molecule has 2 aromatic rings. The van der Waals surface area contributed by atoms with E-state index in [9.17, 15) is 4.79 Å². The summed E-state index contributed by atoms with van der Waals surface area (Å²) in [6, 6.07) is 11.7. The quantitative estimate of drug-likeness (QED) is 0.917.